The van der Waals surface area contributed by atoms with Crippen molar-refractivity contribution < 1.29 is 4.79 Å². The van der Waals surface area contributed by atoms with E-state index in [1.165, 1.54) is 11.8 Å². The van der Waals surface area contributed by atoms with Crippen LogP contribution in [0.15, 0.2) is 27.7 Å². The summed E-state index contributed by atoms with van der Waals surface area (Å²) < 4.78 is 0. The van der Waals surface area contributed by atoms with Gasteiger partial charge >= 0.3 is 0 Å². The molecule has 1 atom stereocenters. The Bertz CT molecular complexity index is 411. The summed E-state index contributed by atoms with van der Waals surface area (Å²) in [5.41, 5.74) is 0. The van der Waals surface area contributed by atoms with E-state index in [1.807, 2.05) is 24.4 Å². The van der Waals surface area contributed by atoms with E-state index in [0.717, 1.165) is 4.88 Å². The molecule has 0 spiro atoms. The van der Waals surface area contributed by atoms with Crippen molar-refractivity contribution in [1.29, 1.82) is 0 Å². The Balaban J connectivity index is 1.98. The fourth-order valence-corrected chi connectivity index (χ4v) is 2.34. The van der Waals surface area contributed by atoms with Crippen LogP contribution in [0.3, 0.4) is 0 Å². The number of amides is 1. The minimum atomic E-state index is -0.0688. The van der Waals surface area contributed by atoms with Crippen LogP contribution >= 0.6 is 23.1 Å². The summed E-state index contributed by atoms with van der Waals surface area (Å²) >= 11 is 2.98. The number of thiophene rings is 1. The number of thioether (sulfide) groups is 1. The molecule has 0 bridgehead atoms. The third-order valence-corrected chi connectivity index (χ3v) is 3.55. The molecule has 1 amide bonds. The normalized spacial score (nSPS) is 23.9. The summed E-state index contributed by atoms with van der Waals surface area (Å²) in [5, 5.41) is 12.9. The van der Waals surface area contributed by atoms with Crippen LogP contribution in [0.2, 0.25) is 0 Å². The summed E-state index contributed by atoms with van der Waals surface area (Å²) in [6.07, 6.45) is 1.67. The number of nitrogens with one attached hydrogen (secondary N) is 1. The van der Waals surface area contributed by atoms with Crippen LogP contribution in [0.25, 0.3) is 0 Å². The summed E-state index contributed by atoms with van der Waals surface area (Å²) in [7, 11) is 0. The van der Waals surface area contributed by atoms with Gasteiger partial charge in [0.15, 0.2) is 5.17 Å². The van der Waals surface area contributed by atoms with Gasteiger partial charge in [-0.1, -0.05) is 17.8 Å². The summed E-state index contributed by atoms with van der Waals surface area (Å²) in [5.74, 6) is -0.00919. The van der Waals surface area contributed by atoms with Crippen LogP contribution in [0.5, 0.6) is 0 Å². The van der Waals surface area contributed by atoms with Crippen molar-refractivity contribution >= 4 is 40.4 Å². The molecular weight excluding hydrogens is 230 g/mol. The number of carbonyl (C=O) groups excluding carboxylic acids is 1. The van der Waals surface area contributed by atoms with E-state index < -0.39 is 0 Å². The van der Waals surface area contributed by atoms with Crippen LogP contribution in [-0.2, 0) is 4.79 Å². The van der Waals surface area contributed by atoms with Crippen molar-refractivity contribution in [3.63, 3.8) is 0 Å². The molecule has 0 aliphatic carbocycles. The van der Waals surface area contributed by atoms with Gasteiger partial charge in [0.25, 0.3) is 0 Å². The number of hydrogen-bond donors (Lipinski definition) is 1. The molecule has 0 saturated carbocycles. The standard InChI is InChI=1S/C9H9N3OS2/c1-6-8(13)11-9(15-6)12-10-5-7-3-2-4-14-7/h2-6H,1H3,(H,11,12,13)/b10-5-. The van der Waals surface area contributed by atoms with Crippen LogP contribution in [0, 0.1) is 0 Å². The van der Waals surface area contributed by atoms with Gasteiger partial charge in [0.05, 0.1) is 11.5 Å². The van der Waals surface area contributed by atoms with Gasteiger partial charge in [-0.15, -0.1) is 16.4 Å². The first-order chi connectivity index (χ1) is 7.25. The molecule has 1 unspecified atom stereocenters. The maximum Gasteiger partial charge on any atom is 0.239 e. The van der Waals surface area contributed by atoms with Gasteiger partial charge in [-0.3, -0.25) is 4.79 Å². The van der Waals surface area contributed by atoms with E-state index in [9.17, 15) is 4.79 Å². The zero-order valence-corrected chi connectivity index (χ0v) is 9.64. The Morgan fingerprint density at radius 3 is 3.07 bits per heavy atom. The molecule has 6 heteroatoms. The summed E-state index contributed by atoms with van der Waals surface area (Å²) in [6.45, 7) is 1.84. The van der Waals surface area contributed by atoms with Crippen molar-refractivity contribution in [3.05, 3.63) is 22.4 Å². The smallest absolute Gasteiger partial charge is 0.239 e. The minimum Gasteiger partial charge on any atom is -0.303 e. The largest absolute Gasteiger partial charge is 0.303 e. The third kappa shape index (κ3) is 2.66. The average molecular weight is 239 g/mol. The molecule has 1 fully saturated rings. The van der Waals surface area contributed by atoms with Gasteiger partial charge in [-0.05, 0) is 18.4 Å². The number of hydrogen-bond acceptors (Lipinski definition) is 5. The summed E-state index contributed by atoms with van der Waals surface area (Å²) in [6, 6.07) is 3.91. The molecule has 15 heavy (non-hydrogen) atoms. The summed E-state index contributed by atoms with van der Waals surface area (Å²) in [4.78, 5) is 12.2. The Labute approximate surface area is 95.5 Å². The Morgan fingerprint density at radius 2 is 2.47 bits per heavy atom. The molecule has 1 aromatic heterocycles. The van der Waals surface area contributed by atoms with Gasteiger partial charge in [-0.2, -0.15) is 5.10 Å². The second kappa shape index (κ2) is 4.59. The SMILES string of the molecule is CC1S/C(=N/N=C\c2cccs2)NC1=O. The highest BCUT2D eigenvalue weighted by atomic mass is 32.2. The van der Waals surface area contributed by atoms with E-state index in [-0.39, 0.29) is 11.2 Å². The lowest BCUT2D eigenvalue weighted by molar-refractivity contribution is -0.118. The average Bonchev–Trinajstić information content (AvgIpc) is 2.79. The molecule has 1 aliphatic rings. The van der Waals surface area contributed by atoms with Gasteiger partial charge in [0.1, 0.15) is 0 Å². The van der Waals surface area contributed by atoms with Crippen LogP contribution in [0.4, 0.5) is 0 Å². The highest BCUT2D eigenvalue weighted by Gasteiger charge is 2.25. The molecule has 1 aliphatic heterocycles. The van der Waals surface area contributed by atoms with E-state index in [4.69, 9.17) is 0 Å². The van der Waals surface area contributed by atoms with E-state index in [0.29, 0.717) is 5.17 Å². The molecule has 1 aromatic rings. The highest BCUT2D eigenvalue weighted by molar-refractivity contribution is 8.15. The monoisotopic (exact) mass is 239 g/mol. The molecule has 0 radical (unpaired) electrons. The lowest BCUT2D eigenvalue weighted by Gasteiger charge is -1.88. The first-order valence-corrected chi connectivity index (χ1v) is 6.13. The first kappa shape index (κ1) is 10.4. The Hall–Kier alpha value is -1.14. The van der Waals surface area contributed by atoms with Gasteiger partial charge < -0.3 is 5.32 Å². The van der Waals surface area contributed by atoms with Crippen molar-refractivity contribution in [2.24, 2.45) is 10.2 Å². The lowest BCUT2D eigenvalue weighted by Crippen LogP contribution is -2.23. The van der Waals surface area contributed by atoms with Crippen LogP contribution in [0.1, 0.15) is 11.8 Å². The lowest BCUT2D eigenvalue weighted by atomic mass is 10.4. The predicted octanol–water partition coefficient (Wildman–Crippen LogP) is 1.69. The minimum absolute atomic E-state index is 0.00919. The second-order valence-electron chi connectivity index (χ2n) is 2.91. The van der Waals surface area contributed by atoms with Gasteiger partial charge in [0, 0.05) is 4.88 Å². The zero-order valence-electron chi connectivity index (χ0n) is 8.01. The topological polar surface area (TPSA) is 53.8 Å². The first-order valence-electron chi connectivity index (χ1n) is 4.38. The molecule has 2 heterocycles. The molecule has 78 valence electrons. The molecule has 0 aromatic carbocycles. The fourth-order valence-electron chi connectivity index (χ4n) is 1.01. The molecule has 1 saturated heterocycles. The van der Waals surface area contributed by atoms with Crippen LogP contribution < -0.4 is 5.32 Å². The van der Waals surface area contributed by atoms with Gasteiger partial charge in [-0.25, -0.2) is 0 Å². The quantitative estimate of drug-likeness (QED) is 0.630. The number of rotatable bonds is 2. The molecule has 2 rings (SSSR count). The molecular formula is C9H9N3OS2. The molecule has 1 N–H and O–H groups in total. The van der Waals surface area contributed by atoms with Crippen LogP contribution in [-0.4, -0.2) is 22.5 Å². The second-order valence-corrected chi connectivity index (χ2v) is 5.22. The maximum absolute atomic E-state index is 11.1. The van der Waals surface area contributed by atoms with Crippen molar-refractivity contribution in [2.45, 2.75) is 12.2 Å². The number of carbonyl (C=O) groups is 1. The Morgan fingerprint density at radius 1 is 1.60 bits per heavy atom. The third-order valence-electron chi connectivity index (χ3n) is 1.76. The van der Waals surface area contributed by atoms with Crippen molar-refractivity contribution in [3.8, 4) is 0 Å². The van der Waals surface area contributed by atoms with E-state index >= 15 is 0 Å². The van der Waals surface area contributed by atoms with Crippen molar-refractivity contribution in [2.75, 3.05) is 0 Å². The van der Waals surface area contributed by atoms with Gasteiger partial charge in [0.2, 0.25) is 5.91 Å². The highest BCUT2D eigenvalue weighted by Crippen LogP contribution is 2.18. The Kier molecular flexibility index (Phi) is 3.17. The van der Waals surface area contributed by atoms with Crippen molar-refractivity contribution in [1.82, 2.24) is 5.32 Å². The number of nitrogens with zero attached hydrogens (tertiary/aromatic N) is 2. The maximum atomic E-state index is 11.1. The van der Waals surface area contributed by atoms with E-state index in [1.54, 1.807) is 17.6 Å². The fraction of sp³-hybridized carbons (Fsp3) is 0.222. The number of amidine groups is 1. The zero-order chi connectivity index (χ0) is 10.7. The molecule has 4 nitrogen and oxygen atoms in total. The predicted molar refractivity (Wildman–Crippen MR) is 64.5 cm³/mol. The van der Waals surface area contributed by atoms with E-state index in [2.05, 4.69) is 15.5 Å².